The second-order valence-electron chi connectivity index (χ2n) is 4.88. The topological polar surface area (TPSA) is 79.3 Å². The van der Waals surface area contributed by atoms with Crippen molar-refractivity contribution in [2.75, 3.05) is 30.8 Å². The summed E-state index contributed by atoms with van der Waals surface area (Å²) in [6.07, 6.45) is 5.88. The number of hydrogen-bond acceptors (Lipinski definition) is 6. The molecule has 0 bridgehead atoms. The molecule has 1 aliphatic rings. The van der Waals surface area contributed by atoms with Crippen molar-refractivity contribution in [1.82, 2.24) is 0 Å². The fourth-order valence-corrected chi connectivity index (χ4v) is 3.55. The summed E-state index contributed by atoms with van der Waals surface area (Å²) in [5.41, 5.74) is 6.54. The van der Waals surface area contributed by atoms with E-state index in [2.05, 4.69) is 11.0 Å². The lowest BCUT2D eigenvalue weighted by Gasteiger charge is -2.26. The molecule has 5 nitrogen and oxygen atoms in total. The van der Waals surface area contributed by atoms with Crippen molar-refractivity contribution >= 4 is 28.0 Å². The highest BCUT2D eigenvalue weighted by atomic mass is 32.1. The van der Waals surface area contributed by atoms with Gasteiger partial charge in [-0.15, -0.1) is 11.3 Å². The molecule has 0 radical (unpaired) electrons. The molecular formula is C14H19N3O2S. The van der Waals surface area contributed by atoms with Crippen LogP contribution in [0.2, 0.25) is 0 Å². The van der Waals surface area contributed by atoms with Gasteiger partial charge < -0.3 is 15.4 Å². The summed E-state index contributed by atoms with van der Waals surface area (Å²) < 4.78 is 4.81. The van der Waals surface area contributed by atoms with Crippen molar-refractivity contribution in [3.8, 4) is 6.07 Å². The number of methoxy groups -OCH3 is 1. The molecule has 1 aromatic rings. The predicted molar refractivity (Wildman–Crippen MR) is 80.1 cm³/mol. The molecule has 0 unspecified atom stereocenters. The van der Waals surface area contributed by atoms with Crippen molar-refractivity contribution < 1.29 is 9.53 Å². The first-order valence-electron chi connectivity index (χ1n) is 6.84. The van der Waals surface area contributed by atoms with Crippen LogP contribution in [-0.2, 0) is 4.74 Å². The third-order valence-electron chi connectivity index (χ3n) is 3.56. The first kappa shape index (κ1) is 14.7. The van der Waals surface area contributed by atoms with Crippen molar-refractivity contribution in [3.05, 3.63) is 10.4 Å². The molecule has 0 spiro atoms. The summed E-state index contributed by atoms with van der Waals surface area (Å²) in [5, 5.41) is 9.90. The number of thiophene rings is 1. The van der Waals surface area contributed by atoms with Crippen LogP contribution in [0.25, 0.3) is 0 Å². The van der Waals surface area contributed by atoms with Gasteiger partial charge in [0.15, 0.2) is 0 Å². The van der Waals surface area contributed by atoms with E-state index in [0.29, 0.717) is 10.4 Å². The van der Waals surface area contributed by atoms with Gasteiger partial charge in [-0.2, -0.15) is 5.26 Å². The number of esters is 1. The van der Waals surface area contributed by atoms with Gasteiger partial charge in [0, 0.05) is 13.1 Å². The Hall–Kier alpha value is -1.74. The molecule has 0 amide bonds. The van der Waals surface area contributed by atoms with Gasteiger partial charge >= 0.3 is 5.97 Å². The number of nitrogen functional groups attached to an aromatic ring is 1. The van der Waals surface area contributed by atoms with Crippen LogP contribution >= 0.6 is 11.3 Å². The average Bonchev–Trinajstić information content (AvgIpc) is 2.74. The lowest BCUT2D eigenvalue weighted by molar-refractivity contribution is 0.0603. The smallest absolute Gasteiger partial charge is 0.343 e. The molecule has 1 fully saturated rings. The Labute approximate surface area is 122 Å². The van der Waals surface area contributed by atoms with Crippen molar-refractivity contribution in [3.63, 3.8) is 0 Å². The minimum Gasteiger partial charge on any atom is -0.465 e. The number of hydrogen-bond donors (Lipinski definition) is 1. The average molecular weight is 293 g/mol. The number of nitriles is 1. The third kappa shape index (κ3) is 2.88. The van der Waals surface area contributed by atoms with Crippen LogP contribution < -0.4 is 10.6 Å². The van der Waals surface area contributed by atoms with Crippen LogP contribution in [0.3, 0.4) is 0 Å². The van der Waals surface area contributed by atoms with Gasteiger partial charge in [-0.25, -0.2) is 4.79 Å². The lowest BCUT2D eigenvalue weighted by Crippen LogP contribution is -2.27. The van der Waals surface area contributed by atoms with E-state index >= 15 is 0 Å². The Bertz CT molecular complexity index is 525. The fraction of sp³-hybridized carbons (Fsp3) is 0.571. The summed E-state index contributed by atoms with van der Waals surface area (Å²) in [4.78, 5) is 14.5. The molecule has 0 aromatic carbocycles. The molecule has 2 heterocycles. The second-order valence-corrected chi connectivity index (χ2v) is 5.88. The van der Waals surface area contributed by atoms with Gasteiger partial charge in [-0.05, 0) is 12.8 Å². The van der Waals surface area contributed by atoms with Crippen molar-refractivity contribution in [1.29, 1.82) is 5.26 Å². The van der Waals surface area contributed by atoms with E-state index in [1.807, 2.05) is 0 Å². The minimum absolute atomic E-state index is 0.251. The number of rotatable bonds is 2. The highest BCUT2D eigenvalue weighted by molar-refractivity contribution is 7.17. The number of ether oxygens (including phenoxy) is 1. The van der Waals surface area contributed by atoms with Crippen LogP contribution in [0.1, 0.15) is 47.3 Å². The van der Waals surface area contributed by atoms with E-state index in [1.54, 1.807) is 0 Å². The molecular weight excluding hydrogens is 274 g/mol. The first-order valence-corrected chi connectivity index (χ1v) is 7.66. The summed E-state index contributed by atoms with van der Waals surface area (Å²) >= 11 is 1.29. The Balaban J connectivity index is 2.38. The van der Waals surface area contributed by atoms with E-state index in [9.17, 15) is 4.79 Å². The molecule has 108 valence electrons. The molecule has 0 aliphatic carbocycles. The van der Waals surface area contributed by atoms with Gasteiger partial charge in [0.05, 0.1) is 12.8 Å². The molecule has 1 aromatic heterocycles. The molecule has 0 atom stereocenters. The molecule has 6 heteroatoms. The standard InChI is InChI=1S/C14H19N3O2S/c1-19-14(18)11-12(16)10(9-15)20-13(11)17-7-5-3-2-4-6-8-17/h2-8,16H2,1H3. The number of carbonyl (C=O) groups is 1. The zero-order valence-electron chi connectivity index (χ0n) is 11.6. The highest BCUT2D eigenvalue weighted by Crippen LogP contribution is 2.39. The van der Waals surface area contributed by atoms with Crippen molar-refractivity contribution in [2.45, 2.75) is 32.1 Å². The maximum absolute atomic E-state index is 11.9. The molecule has 2 N–H and O–H groups in total. The normalized spacial score (nSPS) is 16.1. The van der Waals surface area contributed by atoms with Crippen LogP contribution in [0.5, 0.6) is 0 Å². The molecule has 2 rings (SSSR count). The lowest BCUT2D eigenvalue weighted by atomic mass is 10.1. The maximum atomic E-state index is 11.9. The van der Waals surface area contributed by atoms with Crippen LogP contribution in [0.4, 0.5) is 10.7 Å². The van der Waals surface area contributed by atoms with E-state index in [-0.39, 0.29) is 5.69 Å². The zero-order valence-corrected chi connectivity index (χ0v) is 12.5. The highest BCUT2D eigenvalue weighted by Gasteiger charge is 2.26. The number of nitrogens with zero attached hydrogens (tertiary/aromatic N) is 2. The quantitative estimate of drug-likeness (QED) is 0.848. The van der Waals surface area contributed by atoms with Crippen molar-refractivity contribution in [2.24, 2.45) is 0 Å². The summed E-state index contributed by atoms with van der Waals surface area (Å²) in [6.45, 7) is 1.80. The minimum atomic E-state index is -0.461. The third-order valence-corrected chi connectivity index (χ3v) is 4.73. The Morgan fingerprint density at radius 1 is 1.30 bits per heavy atom. The summed E-state index contributed by atoms with van der Waals surface area (Å²) in [5.74, 6) is -0.461. The van der Waals surface area contributed by atoms with Gasteiger partial charge in [-0.1, -0.05) is 19.3 Å². The Morgan fingerprint density at radius 3 is 2.45 bits per heavy atom. The van der Waals surface area contributed by atoms with E-state index < -0.39 is 5.97 Å². The van der Waals surface area contributed by atoms with Crippen LogP contribution in [-0.4, -0.2) is 26.2 Å². The van der Waals surface area contributed by atoms with E-state index in [1.165, 1.54) is 37.7 Å². The fourth-order valence-electron chi connectivity index (χ4n) is 2.49. The SMILES string of the molecule is COC(=O)c1c(N2CCCCCCC2)sc(C#N)c1N. The van der Waals surface area contributed by atoms with Gasteiger partial charge in [0.25, 0.3) is 0 Å². The maximum Gasteiger partial charge on any atom is 0.343 e. The Morgan fingerprint density at radius 2 is 1.90 bits per heavy atom. The summed E-state index contributed by atoms with van der Waals surface area (Å²) in [6, 6.07) is 2.06. The van der Waals surface area contributed by atoms with E-state index in [0.717, 1.165) is 30.9 Å². The monoisotopic (exact) mass is 293 g/mol. The first-order chi connectivity index (χ1) is 9.69. The second kappa shape index (κ2) is 6.62. The van der Waals surface area contributed by atoms with Crippen LogP contribution in [0.15, 0.2) is 0 Å². The molecule has 20 heavy (non-hydrogen) atoms. The van der Waals surface area contributed by atoms with E-state index in [4.69, 9.17) is 15.7 Å². The number of carbonyl (C=O) groups excluding carboxylic acids is 1. The predicted octanol–water partition coefficient (Wildman–Crippen LogP) is 2.76. The largest absolute Gasteiger partial charge is 0.465 e. The zero-order chi connectivity index (χ0) is 14.5. The van der Waals surface area contributed by atoms with Gasteiger partial charge in [0.2, 0.25) is 0 Å². The van der Waals surface area contributed by atoms with Gasteiger partial charge in [0.1, 0.15) is 21.5 Å². The van der Waals surface area contributed by atoms with Crippen LogP contribution in [0, 0.1) is 11.3 Å². The van der Waals surface area contributed by atoms with Gasteiger partial charge in [-0.3, -0.25) is 0 Å². The summed E-state index contributed by atoms with van der Waals surface area (Å²) in [7, 11) is 1.34. The number of anilines is 2. The molecule has 1 aliphatic heterocycles. The number of nitrogens with two attached hydrogens (primary N) is 1. The molecule has 1 saturated heterocycles. The Kier molecular flexibility index (Phi) is 4.85. The molecule has 0 saturated carbocycles.